The zero-order valence-electron chi connectivity index (χ0n) is 33.4. The van der Waals surface area contributed by atoms with Crippen molar-refractivity contribution in [1.29, 1.82) is 0 Å². The second-order valence-electron chi connectivity index (χ2n) is 17.0. The smallest absolute Gasteiger partial charge is 0.338 e. The topological polar surface area (TPSA) is 144 Å². The van der Waals surface area contributed by atoms with Gasteiger partial charge in [0.05, 0.1) is 29.6 Å². The van der Waals surface area contributed by atoms with E-state index in [0.717, 1.165) is 18.1 Å². The lowest BCUT2D eigenvalue weighted by Crippen LogP contribution is -2.82. The molecule has 5 rings (SSSR count). The van der Waals surface area contributed by atoms with Gasteiger partial charge in [-0.1, -0.05) is 52.8 Å². The van der Waals surface area contributed by atoms with Crippen molar-refractivity contribution in [2.24, 2.45) is 16.7 Å². The Labute approximate surface area is 316 Å². The summed E-state index contributed by atoms with van der Waals surface area (Å²) in [6.45, 7) is 21.7. The number of hydrogen-bond donors (Lipinski definition) is 1. The van der Waals surface area contributed by atoms with E-state index in [1.807, 2.05) is 19.6 Å². The quantitative estimate of drug-likeness (QED) is 0.147. The number of ether oxygens (including phenoxy) is 4. The SMILES string of the molecule is CC[Si](CC)(CC)O[C@H]1C[C@H]2OC[C@@]2(OC(C)=O)[C@H]2[C@H](OC(=O)c3ccccc3)[C@]3(O)C=C(O[Si](C)(C)C)C(C)=C([C@@H](OC(C)=O)C(=O)[C@]12C)C3(C)C. The Morgan fingerprint density at radius 1 is 0.943 bits per heavy atom. The van der Waals surface area contributed by atoms with Crippen LogP contribution in [-0.4, -0.2) is 87.7 Å². The molecule has 0 aromatic heterocycles. The van der Waals surface area contributed by atoms with Crippen LogP contribution in [0.5, 0.6) is 0 Å². The van der Waals surface area contributed by atoms with E-state index in [4.69, 9.17) is 27.8 Å². The van der Waals surface area contributed by atoms with Crippen molar-refractivity contribution in [3.05, 3.63) is 58.9 Å². The third-order valence-corrected chi connectivity index (χ3v) is 18.0. The first-order valence-corrected chi connectivity index (χ1v) is 24.8. The Morgan fingerprint density at radius 3 is 2.04 bits per heavy atom. The minimum Gasteiger partial charge on any atom is -0.544 e. The molecule has 4 aliphatic rings. The maximum atomic E-state index is 16.0. The van der Waals surface area contributed by atoms with Crippen molar-refractivity contribution in [2.75, 3.05) is 6.61 Å². The molecule has 1 saturated heterocycles. The fourth-order valence-electron chi connectivity index (χ4n) is 9.42. The number of benzene rings is 1. The average Bonchev–Trinajstić information content (AvgIpc) is 3.07. The summed E-state index contributed by atoms with van der Waals surface area (Å²) in [5.41, 5.74) is -5.60. The fourth-order valence-corrected chi connectivity index (χ4v) is 13.2. The van der Waals surface area contributed by atoms with Crippen LogP contribution in [0.1, 0.15) is 79.1 Å². The van der Waals surface area contributed by atoms with Gasteiger partial charge in [0.15, 0.2) is 25.8 Å². The van der Waals surface area contributed by atoms with Gasteiger partial charge in [0, 0.05) is 25.7 Å². The molecule has 2 bridgehead atoms. The van der Waals surface area contributed by atoms with Crippen LogP contribution in [-0.2, 0) is 42.2 Å². The molecule has 0 unspecified atom stereocenters. The van der Waals surface area contributed by atoms with Crippen LogP contribution >= 0.6 is 0 Å². The van der Waals surface area contributed by atoms with Crippen molar-refractivity contribution in [3.63, 3.8) is 0 Å². The molecule has 1 heterocycles. The molecule has 0 radical (unpaired) electrons. The van der Waals surface area contributed by atoms with Crippen molar-refractivity contribution in [2.45, 2.75) is 142 Å². The number of Topliss-reactive ketones (excluding diaryl/α,β-unsaturated/α-hetero) is 1. The van der Waals surface area contributed by atoms with E-state index in [9.17, 15) is 19.5 Å². The summed E-state index contributed by atoms with van der Waals surface area (Å²) in [5.74, 6) is -3.48. The molecule has 8 atom stereocenters. The van der Waals surface area contributed by atoms with Crippen LogP contribution in [0.15, 0.2) is 53.3 Å². The number of carbonyl (C=O) groups excluding carboxylic acids is 4. The van der Waals surface area contributed by atoms with Gasteiger partial charge in [0.1, 0.15) is 23.6 Å². The lowest BCUT2D eigenvalue weighted by molar-refractivity contribution is -0.340. The van der Waals surface area contributed by atoms with Crippen LogP contribution < -0.4 is 0 Å². The zero-order chi connectivity index (χ0) is 39.5. The molecule has 1 N–H and O–H groups in total. The van der Waals surface area contributed by atoms with Crippen LogP contribution in [0.3, 0.4) is 0 Å². The van der Waals surface area contributed by atoms with Crippen LogP contribution in [0, 0.1) is 16.7 Å². The molecule has 0 amide bonds. The van der Waals surface area contributed by atoms with Crippen LogP contribution in [0.2, 0.25) is 37.8 Å². The monoisotopic (exact) mass is 770 g/mol. The Morgan fingerprint density at radius 2 is 1.55 bits per heavy atom. The molecule has 13 heteroatoms. The molecular weight excluding hydrogens is 713 g/mol. The molecule has 292 valence electrons. The van der Waals surface area contributed by atoms with Crippen LogP contribution in [0.4, 0.5) is 0 Å². The van der Waals surface area contributed by atoms with Crippen molar-refractivity contribution >= 4 is 40.3 Å². The predicted octanol–water partition coefficient (Wildman–Crippen LogP) is 6.67. The minimum absolute atomic E-state index is 0.118. The van der Waals surface area contributed by atoms with Gasteiger partial charge in [0.25, 0.3) is 0 Å². The highest BCUT2D eigenvalue weighted by Crippen LogP contribution is 2.64. The third-order valence-electron chi connectivity index (χ3n) is 12.5. The second-order valence-corrected chi connectivity index (χ2v) is 26.1. The number of ketones is 1. The van der Waals surface area contributed by atoms with Gasteiger partial charge in [-0.25, -0.2) is 4.79 Å². The number of fused-ring (bicyclic) bond motifs is 5. The fraction of sp³-hybridized carbons (Fsp3) is 0.650. The summed E-state index contributed by atoms with van der Waals surface area (Å²) >= 11 is 0. The Kier molecular flexibility index (Phi) is 11.0. The summed E-state index contributed by atoms with van der Waals surface area (Å²) in [7, 11) is -4.88. The molecular formula is C40H58O11Si2. The molecule has 0 spiro atoms. The van der Waals surface area contributed by atoms with Gasteiger partial charge in [-0.3, -0.25) is 14.4 Å². The van der Waals surface area contributed by atoms with Gasteiger partial charge in [0.2, 0.25) is 8.32 Å². The molecule has 3 fully saturated rings. The predicted molar refractivity (Wildman–Crippen MR) is 203 cm³/mol. The van der Waals surface area contributed by atoms with E-state index in [-0.39, 0.29) is 18.6 Å². The average molecular weight is 771 g/mol. The second kappa shape index (κ2) is 14.2. The first-order valence-electron chi connectivity index (χ1n) is 18.9. The maximum absolute atomic E-state index is 16.0. The summed E-state index contributed by atoms with van der Waals surface area (Å²) < 4.78 is 39.1. The zero-order valence-corrected chi connectivity index (χ0v) is 35.4. The Balaban J connectivity index is 1.93. The highest BCUT2D eigenvalue weighted by molar-refractivity contribution is 6.73. The highest BCUT2D eigenvalue weighted by Gasteiger charge is 2.78. The van der Waals surface area contributed by atoms with Gasteiger partial charge in [-0.05, 0) is 81.0 Å². The Bertz CT molecular complexity index is 1680. The van der Waals surface area contributed by atoms with Crippen LogP contribution in [0.25, 0.3) is 0 Å². The largest absolute Gasteiger partial charge is 0.544 e. The van der Waals surface area contributed by atoms with E-state index in [1.165, 1.54) is 13.8 Å². The van der Waals surface area contributed by atoms with Gasteiger partial charge in [-0.15, -0.1) is 0 Å². The van der Waals surface area contributed by atoms with E-state index in [1.54, 1.807) is 64.1 Å². The number of allylic oxidation sites excluding steroid dienone is 1. The third kappa shape index (κ3) is 6.68. The molecule has 53 heavy (non-hydrogen) atoms. The van der Waals surface area contributed by atoms with E-state index < -0.39 is 92.7 Å². The van der Waals surface area contributed by atoms with E-state index >= 15 is 4.79 Å². The highest BCUT2D eigenvalue weighted by atomic mass is 28.4. The maximum Gasteiger partial charge on any atom is 0.338 e. The first kappa shape index (κ1) is 41.1. The molecule has 1 aliphatic heterocycles. The lowest BCUT2D eigenvalue weighted by atomic mass is 9.45. The van der Waals surface area contributed by atoms with Crippen molar-refractivity contribution in [3.8, 4) is 0 Å². The van der Waals surface area contributed by atoms with E-state index in [0.29, 0.717) is 16.9 Å². The molecule has 1 aromatic rings. The molecule has 11 nitrogen and oxygen atoms in total. The summed E-state index contributed by atoms with van der Waals surface area (Å²) in [4.78, 5) is 56.5. The van der Waals surface area contributed by atoms with Gasteiger partial charge in [-0.2, -0.15) is 0 Å². The first-order chi connectivity index (χ1) is 24.6. The number of carbonyl (C=O) groups is 4. The van der Waals surface area contributed by atoms with Crippen molar-refractivity contribution < 1.29 is 52.1 Å². The van der Waals surface area contributed by atoms with E-state index in [2.05, 4.69) is 20.8 Å². The summed E-state index contributed by atoms with van der Waals surface area (Å²) in [6, 6.07) is 10.7. The van der Waals surface area contributed by atoms with Gasteiger partial charge >= 0.3 is 17.9 Å². The molecule has 2 saturated carbocycles. The normalized spacial score (nSPS) is 33.6. The number of hydrogen-bond acceptors (Lipinski definition) is 11. The van der Waals surface area contributed by atoms with Crippen molar-refractivity contribution in [1.82, 2.24) is 0 Å². The molecule has 3 aliphatic carbocycles. The standard InChI is InChI=1S/C40H58O11Si2/c1-13-53(14-2,15-3)51-29-21-30-39(23-46-30,49-26(6)42)33-35(48-36(44)27-19-17-16-18-20-27)40(45)22-28(50-52(10,11)12)24(4)31(37(40,7)8)32(47-25(5)41)34(43)38(29,33)9/h16-20,22,29-30,32-33,35,45H,13-15,21,23H2,1-12H3/t29-,30+,32+,33-,35-,38+,39-,40+/m0/s1. The Hall–Kier alpha value is -3.11. The van der Waals surface area contributed by atoms with Gasteiger partial charge < -0.3 is 32.9 Å². The summed E-state index contributed by atoms with van der Waals surface area (Å²) in [5, 5.41) is 13.7. The summed E-state index contributed by atoms with van der Waals surface area (Å²) in [6.07, 6.45) is -2.83. The molecule has 1 aromatic carbocycles. The number of aliphatic hydroxyl groups is 1. The lowest BCUT2D eigenvalue weighted by Gasteiger charge is -2.67. The number of rotatable bonds is 11. The minimum atomic E-state index is -2.49. The number of esters is 3.